The van der Waals surface area contributed by atoms with Gasteiger partial charge in [-0.15, -0.1) is 0 Å². The van der Waals surface area contributed by atoms with Crippen LogP contribution >= 0.6 is 0 Å². The van der Waals surface area contributed by atoms with Crippen molar-refractivity contribution in [3.05, 3.63) is 39.9 Å². The molecular formula is C12H14N2O4. The number of ketones is 1. The van der Waals surface area contributed by atoms with Crippen LogP contribution in [-0.2, 0) is 4.79 Å². The van der Waals surface area contributed by atoms with E-state index in [1.165, 1.54) is 24.3 Å². The van der Waals surface area contributed by atoms with E-state index >= 15 is 0 Å². The van der Waals surface area contributed by atoms with Crippen molar-refractivity contribution in [3.8, 4) is 0 Å². The van der Waals surface area contributed by atoms with Gasteiger partial charge in [0.15, 0.2) is 0 Å². The van der Waals surface area contributed by atoms with Gasteiger partial charge < -0.3 is 5.32 Å². The smallest absolute Gasteiger partial charge is 0.292 e. The fourth-order valence-electron chi connectivity index (χ4n) is 1.26. The van der Waals surface area contributed by atoms with Crippen molar-refractivity contribution in [2.75, 3.05) is 0 Å². The quantitative estimate of drug-likeness (QED) is 0.382. The number of nitrogens with one attached hydrogen (secondary N) is 1. The molecule has 0 unspecified atom stereocenters. The van der Waals surface area contributed by atoms with Gasteiger partial charge in [0.25, 0.3) is 11.6 Å². The highest BCUT2D eigenvalue weighted by molar-refractivity contribution is 6.42. The number of nitro benzene ring substituents is 1. The van der Waals surface area contributed by atoms with Crippen LogP contribution < -0.4 is 5.32 Å². The molecule has 0 atom stereocenters. The third-order valence-corrected chi connectivity index (χ3v) is 2.04. The second-order valence-corrected chi connectivity index (χ2v) is 4.84. The molecule has 6 nitrogen and oxygen atoms in total. The Balaban J connectivity index is 2.85. The number of amides is 1. The van der Waals surface area contributed by atoms with E-state index in [1.807, 2.05) is 0 Å². The molecule has 96 valence electrons. The number of carbonyl (C=O) groups excluding carboxylic acids is 2. The Labute approximate surface area is 104 Å². The van der Waals surface area contributed by atoms with Crippen molar-refractivity contribution in [2.45, 2.75) is 26.3 Å². The zero-order chi connectivity index (χ0) is 13.9. The summed E-state index contributed by atoms with van der Waals surface area (Å²) in [4.78, 5) is 33.2. The largest absolute Gasteiger partial charge is 0.345 e. The topological polar surface area (TPSA) is 89.3 Å². The Hall–Kier alpha value is -2.24. The maximum absolute atomic E-state index is 11.7. The highest BCUT2D eigenvalue weighted by Crippen LogP contribution is 2.12. The van der Waals surface area contributed by atoms with Crippen LogP contribution in [0.2, 0.25) is 0 Å². The maximum atomic E-state index is 11.7. The first-order chi connectivity index (χ1) is 8.20. The van der Waals surface area contributed by atoms with Crippen molar-refractivity contribution in [1.82, 2.24) is 5.32 Å². The second-order valence-electron chi connectivity index (χ2n) is 4.84. The molecule has 1 N–H and O–H groups in total. The first kappa shape index (κ1) is 13.8. The van der Waals surface area contributed by atoms with E-state index in [9.17, 15) is 19.7 Å². The standard InChI is InChI=1S/C12H14N2O4/c1-12(2,3)13-11(16)10(15)8-4-6-9(7-5-8)14(17)18/h4-7H,1-3H3,(H,13,16). The van der Waals surface area contributed by atoms with Crippen LogP contribution in [0.1, 0.15) is 31.1 Å². The molecular weight excluding hydrogens is 236 g/mol. The van der Waals surface area contributed by atoms with Gasteiger partial charge in [0.1, 0.15) is 0 Å². The van der Waals surface area contributed by atoms with E-state index < -0.39 is 22.2 Å². The summed E-state index contributed by atoms with van der Waals surface area (Å²) in [6.45, 7) is 5.27. The maximum Gasteiger partial charge on any atom is 0.292 e. The first-order valence-corrected chi connectivity index (χ1v) is 5.32. The van der Waals surface area contributed by atoms with Crippen LogP contribution in [0, 0.1) is 10.1 Å². The number of non-ortho nitro benzene ring substituents is 1. The highest BCUT2D eigenvalue weighted by atomic mass is 16.6. The lowest BCUT2D eigenvalue weighted by molar-refractivity contribution is -0.384. The molecule has 0 bridgehead atoms. The molecule has 18 heavy (non-hydrogen) atoms. The van der Waals surface area contributed by atoms with Gasteiger partial charge in [-0.2, -0.15) is 0 Å². The van der Waals surface area contributed by atoms with E-state index in [0.717, 1.165) is 0 Å². The van der Waals surface area contributed by atoms with Gasteiger partial charge >= 0.3 is 0 Å². The molecule has 0 saturated carbocycles. The average Bonchev–Trinajstić information content (AvgIpc) is 2.26. The summed E-state index contributed by atoms with van der Waals surface area (Å²) in [5.41, 5.74) is -0.502. The molecule has 0 heterocycles. The fraction of sp³-hybridized carbons (Fsp3) is 0.333. The van der Waals surface area contributed by atoms with Gasteiger partial charge in [-0.05, 0) is 32.9 Å². The first-order valence-electron chi connectivity index (χ1n) is 5.32. The number of hydrogen-bond donors (Lipinski definition) is 1. The number of carbonyl (C=O) groups is 2. The van der Waals surface area contributed by atoms with E-state index in [4.69, 9.17) is 0 Å². The van der Waals surface area contributed by atoms with Crippen molar-refractivity contribution < 1.29 is 14.5 Å². The van der Waals surface area contributed by atoms with Crippen LogP contribution in [0.25, 0.3) is 0 Å². The van der Waals surface area contributed by atoms with Crippen LogP contribution in [0.15, 0.2) is 24.3 Å². The van der Waals surface area contributed by atoms with E-state index in [-0.39, 0.29) is 11.3 Å². The molecule has 0 aliphatic carbocycles. The number of nitrogens with zero attached hydrogens (tertiary/aromatic N) is 1. The summed E-state index contributed by atoms with van der Waals surface area (Å²) >= 11 is 0. The molecule has 6 heteroatoms. The highest BCUT2D eigenvalue weighted by Gasteiger charge is 2.21. The monoisotopic (exact) mass is 250 g/mol. The summed E-state index contributed by atoms with van der Waals surface area (Å²) in [5.74, 6) is -1.43. The molecule has 0 spiro atoms. The van der Waals surface area contributed by atoms with Crippen molar-refractivity contribution >= 4 is 17.4 Å². The zero-order valence-electron chi connectivity index (χ0n) is 10.4. The Morgan fingerprint density at radius 2 is 1.67 bits per heavy atom. The average molecular weight is 250 g/mol. The SMILES string of the molecule is CC(C)(C)NC(=O)C(=O)c1ccc([N+](=O)[O-])cc1. The van der Waals surface area contributed by atoms with Crippen LogP contribution in [0.4, 0.5) is 5.69 Å². The van der Waals surface area contributed by atoms with Crippen molar-refractivity contribution in [3.63, 3.8) is 0 Å². The van der Waals surface area contributed by atoms with Gasteiger partial charge in [-0.3, -0.25) is 19.7 Å². The van der Waals surface area contributed by atoms with Gasteiger partial charge in [0.2, 0.25) is 5.78 Å². The third-order valence-electron chi connectivity index (χ3n) is 2.04. The molecule has 1 aromatic carbocycles. The summed E-state index contributed by atoms with van der Waals surface area (Å²) in [5, 5.41) is 13.0. The van der Waals surface area contributed by atoms with Crippen molar-refractivity contribution in [2.24, 2.45) is 0 Å². The summed E-state index contributed by atoms with van der Waals surface area (Å²) in [6, 6.07) is 4.92. The predicted molar refractivity (Wildman–Crippen MR) is 65.3 cm³/mol. The third kappa shape index (κ3) is 3.65. The molecule has 1 amide bonds. The van der Waals surface area contributed by atoms with Gasteiger partial charge in [0, 0.05) is 23.2 Å². The second kappa shape index (κ2) is 4.95. The number of hydrogen-bond acceptors (Lipinski definition) is 4. The lowest BCUT2D eigenvalue weighted by atomic mass is 10.1. The van der Waals surface area contributed by atoms with E-state index in [0.29, 0.717) is 0 Å². The number of Topliss-reactive ketones (excluding diaryl/α,β-unsaturated/α-hetero) is 1. The Morgan fingerprint density at radius 3 is 2.06 bits per heavy atom. The number of rotatable bonds is 3. The molecule has 0 fully saturated rings. The molecule has 1 rings (SSSR count). The Morgan fingerprint density at radius 1 is 1.17 bits per heavy atom. The predicted octanol–water partition coefficient (Wildman–Crippen LogP) is 1.69. The molecule has 0 aliphatic heterocycles. The normalized spacial score (nSPS) is 10.8. The van der Waals surface area contributed by atoms with Gasteiger partial charge in [-0.25, -0.2) is 0 Å². The number of benzene rings is 1. The summed E-state index contributed by atoms with van der Waals surface area (Å²) in [7, 11) is 0. The molecule has 0 aromatic heterocycles. The minimum Gasteiger partial charge on any atom is -0.345 e. The van der Waals surface area contributed by atoms with E-state index in [1.54, 1.807) is 20.8 Å². The van der Waals surface area contributed by atoms with Gasteiger partial charge in [-0.1, -0.05) is 0 Å². The van der Waals surface area contributed by atoms with Crippen molar-refractivity contribution in [1.29, 1.82) is 0 Å². The molecule has 1 aromatic rings. The Kier molecular flexibility index (Phi) is 3.80. The van der Waals surface area contributed by atoms with Crippen LogP contribution in [-0.4, -0.2) is 22.2 Å². The lowest BCUT2D eigenvalue weighted by Gasteiger charge is -2.19. The minimum atomic E-state index is -0.726. The number of nitro groups is 1. The summed E-state index contributed by atoms with van der Waals surface area (Å²) in [6.07, 6.45) is 0. The van der Waals surface area contributed by atoms with Crippen LogP contribution in [0.3, 0.4) is 0 Å². The van der Waals surface area contributed by atoms with E-state index in [2.05, 4.69) is 5.32 Å². The summed E-state index contributed by atoms with van der Waals surface area (Å²) < 4.78 is 0. The Bertz CT molecular complexity index is 486. The molecule has 0 aliphatic rings. The van der Waals surface area contributed by atoms with Gasteiger partial charge in [0.05, 0.1) is 4.92 Å². The lowest BCUT2D eigenvalue weighted by Crippen LogP contribution is -2.44. The zero-order valence-corrected chi connectivity index (χ0v) is 10.4. The molecule has 0 saturated heterocycles. The van der Waals surface area contributed by atoms with Crippen LogP contribution in [0.5, 0.6) is 0 Å². The minimum absolute atomic E-state index is 0.122. The molecule has 0 radical (unpaired) electrons. The fourth-order valence-corrected chi connectivity index (χ4v) is 1.26.